The van der Waals surface area contributed by atoms with Crippen molar-refractivity contribution in [2.24, 2.45) is 0 Å². The molecule has 108 valence electrons. The van der Waals surface area contributed by atoms with Crippen LogP contribution in [0.3, 0.4) is 0 Å². The number of nitrogens with one attached hydrogen (secondary N) is 2. The lowest BCUT2D eigenvalue weighted by Gasteiger charge is -2.11. The molecule has 0 fully saturated rings. The Labute approximate surface area is 136 Å². The van der Waals surface area contributed by atoms with E-state index in [1.165, 1.54) is 12.1 Å². The number of nitro benzene ring substituents is 1. The normalized spacial score (nSPS) is 10.0. The van der Waals surface area contributed by atoms with E-state index in [1.54, 1.807) is 30.3 Å². The second-order valence-electron chi connectivity index (χ2n) is 4.01. The molecule has 0 amide bonds. The summed E-state index contributed by atoms with van der Waals surface area (Å²) in [6.07, 6.45) is 0. The van der Waals surface area contributed by atoms with Crippen molar-refractivity contribution in [3.63, 3.8) is 0 Å². The molecular weight excluding hydrogens is 333 g/mol. The molecule has 0 spiro atoms. The van der Waals surface area contributed by atoms with Gasteiger partial charge in [-0.2, -0.15) is 0 Å². The Morgan fingerprint density at radius 3 is 2.14 bits per heavy atom. The van der Waals surface area contributed by atoms with Crippen molar-refractivity contribution < 1.29 is 4.92 Å². The van der Waals surface area contributed by atoms with Crippen LogP contribution in [0.5, 0.6) is 0 Å². The molecule has 2 rings (SSSR count). The van der Waals surface area contributed by atoms with Crippen molar-refractivity contribution in [3.8, 4) is 0 Å². The fraction of sp³-hybridized carbons (Fsp3) is 0. The van der Waals surface area contributed by atoms with Crippen molar-refractivity contribution >= 4 is 57.6 Å². The van der Waals surface area contributed by atoms with E-state index in [0.717, 1.165) is 0 Å². The van der Waals surface area contributed by atoms with Crippen LogP contribution in [-0.4, -0.2) is 10.0 Å². The van der Waals surface area contributed by atoms with Crippen LogP contribution in [0, 0.1) is 10.1 Å². The zero-order valence-electron chi connectivity index (χ0n) is 10.5. The highest BCUT2D eigenvalue weighted by Gasteiger charge is 2.05. The fourth-order valence-corrected chi connectivity index (χ4v) is 2.07. The molecule has 21 heavy (non-hydrogen) atoms. The highest BCUT2D eigenvalue weighted by Crippen LogP contribution is 2.25. The molecule has 0 unspecified atom stereocenters. The van der Waals surface area contributed by atoms with Crippen LogP contribution in [0.25, 0.3) is 0 Å². The first-order valence-electron chi connectivity index (χ1n) is 5.73. The lowest BCUT2D eigenvalue weighted by molar-refractivity contribution is -0.384. The molecule has 0 saturated carbocycles. The number of nitro groups is 1. The maximum absolute atomic E-state index is 10.6. The number of halogens is 2. The van der Waals surface area contributed by atoms with Crippen molar-refractivity contribution in [2.45, 2.75) is 0 Å². The number of hydrogen-bond acceptors (Lipinski definition) is 3. The van der Waals surface area contributed by atoms with Crippen molar-refractivity contribution in [1.82, 2.24) is 0 Å². The van der Waals surface area contributed by atoms with Crippen LogP contribution in [0.2, 0.25) is 10.0 Å². The van der Waals surface area contributed by atoms with Gasteiger partial charge in [-0.05, 0) is 42.5 Å². The molecule has 0 bridgehead atoms. The van der Waals surface area contributed by atoms with E-state index in [2.05, 4.69) is 10.6 Å². The second-order valence-corrected chi connectivity index (χ2v) is 5.23. The van der Waals surface area contributed by atoms with Crippen LogP contribution < -0.4 is 10.6 Å². The molecule has 0 aromatic heterocycles. The van der Waals surface area contributed by atoms with Crippen LogP contribution >= 0.6 is 35.4 Å². The molecular formula is C13H9Cl2N3O2S. The van der Waals surface area contributed by atoms with Gasteiger partial charge in [-0.1, -0.05) is 23.2 Å². The minimum atomic E-state index is -0.462. The molecule has 2 N–H and O–H groups in total. The summed E-state index contributed by atoms with van der Waals surface area (Å²) in [5.74, 6) is 0. The van der Waals surface area contributed by atoms with Crippen LogP contribution in [0.1, 0.15) is 0 Å². The maximum atomic E-state index is 10.6. The summed E-state index contributed by atoms with van der Waals surface area (Å²) < 4.78 is 0. The summed E-state index contributed by atoms with van der Waals surface area (Å²) in [5, 5.41) is 17.6. The predicted octanol–water partition coefficient (Wildman–Crippen LogP) is 4.71. The first kappa shape index (κ1) is 15.5. The summed E-state index contributed by atoms with van der Waals surface area (Å²) in [6.45, 7) is 0. The predicted molar refractivity (Wildman–Crippen MR) is 89.4 cm³/mol. The van der Waals surface area contributed by atoms with E-state index < -0.39 is 4.92 Å². The summed E-state index contributed by atoms with van der Waals surface area (Å²) in [4.78, 5) is 10.1. The van der Waals surface area contributed by atoms with Gasteiger partial charge >= 0.3 is 0 Å². The molecule has 0 aliphatic carbocycles. The molecule has 2 aromatic carbocycles. The Kier molecular flexibility index (Phi) is 4.95. The third kappa shape index (κ3) is 4.29. The number of hydrogen-bond donors (Lipinski definition) is 2. The lowest BCUT2D eigenvalue weighted by atomic mass is 10.3. The van der Waals surface area contributed by atoms with Gasteiger partial charge in [0, 0.05) is 23.5 Å². The van der Waals surface area contributed by atoms with E-state index in [1.807, 2.05) is 0 Å². The number of thiocarbonyl (C=S) groups is 1. The molecule has 0 saturated heterocycles. The van der Waals surface area contributed by atoms with Gasteiger partial charge in [0.2, 0.25) is 0 Å². The highest BCUT2D eigenvalue weighted by molar-refractivity contribution is 7.80. The van der Waals surface area contributed by atoms with E-state index in [0.29, 0.717) is 26.5 Å². The van der Waals surface area contributed by atoms with E-state index in [-0.39, 0.29) is 5.69 Å². The van der Waals surface area contributed by atoms with Gasteiger partial charge in [-0.15, -0.1) is 0 Å². The second kappa shape index (κ2) is 6.71. The lowest BCUT2D eigenvalue weighted by Crippen LogP contribution is -2.18. The van der Waals surface area contributed by atoms with Crippen LogP contribution in [-0.2, 0) is 0 Å². The zero-order chi connectivity index (χ0) is 15.4. The minimum absolute atomic E-state index is 0.0175. The van der Waals surface area contributed by atoms with Crippen molar-refractivity contribution in [3.05, 3.63) is 62.6 Å². The van der Waals surface area contributed by atoms with Gasteiger partial charge in [0.15, 0.2) is 5.11 Å². The Hall–Kier alpha value is -1.89. The minimum Gasteiger partial charge on any atom is -0.332 e. The van der Waals surface area contributed by atoms with Crippen LogP contribution in [0.4, 0.5) is 17.1 Å². The Morgan fingerprint density at radius 1 is 1.00 bits per heavy atom. The summed E-state index contributed by atoms with van der Waals surface area (Å²) >= 11 is 16.9. The molecule has 0 heterocycles. The van der Waals surface area contributed by atoms with Gasteiger partial charge in [-0.3, -0.25) is 10.1 Å². The molecule has 0 aliphatic heterocycles. The standard InChI is InChI=1S/C13H9Cl2N3O2S/c14-11-6-3-9(7-12(11)15)17-13(21)16-8-1-4-10(5-2-8)18(19)20/h1-7H,(H2,16,17,21). The fourth-order valence-electron chi connectivity index (χ4n) is 1.53. The summed E-state index contributed by atoms with van der Waals surface area (Å²) in [6, 6.07) is 11.0. The van der Waals surface area contributed by atoms with Gasteiger partial charge < -0.3 is 10.6 Å². The van der Waals surface area contributed by atoms with E-state index in [9.17, 15) is 10.1 Å². The maximum Gasteiger partial charge on any atom is 0.269 e. The first-order chi connectivity index (χ1) is 9.95. The third-order valence-electron chi connectivity index (χ3n) is 2.51. The van der Waals surface area contributed by atoms with Gasteiger partial charge in [-0.25, -0.2) is 0 Å². The highest BCUT2D eigenvalue weighted by atomic mass is 35.5. The average Bonchev–Trinajstić information content (AvgIpc) is 2.43. The third-order valence-corrected chi connectivity index (χ3v) is 3.46. The zero-order valence-corrected chi connectivity index (χ0v) is 12.8. The molecule has 0 radical (unpaired) electrons. The quantitative estimate of drug-likeness (QED) is 0.480. The molecule has 2 aromatic rings. The molecule has 0 aliphatic rings. The summed E-state index contributed by atoms with van der Waals surface area (Å²) in [7, 11) is 0. The smallest absolute Gasteiger partial charge is 0.269 e. The first-order valence-corrected chi connectivity index (χ1v) is 6.89. The number of non-ortho nitro benzene ring substituents is 1. The van der Waals surface area contributed by atoms with Crippen LogP contribution in [0.15, 0.2) is 42.5 Å². The Bertz CT molecular complexity index is 692. The van der Waals surface area contributed by atoms with E-state index >= 15 is 0 Å². The monoisotopic (exact) mass is 341 g/mol. The average molecular weight is 342 g/mol. The van der Waals surface area contributed by atoms with Gasteiger partial charge in [0.1, 0.15) is 0 Å². The van der Waals surface area contributed by atoms with Gasteiger partial charge in [0.25, 0.3) is 5.69 Å². The molecule has 0 atom stereocenters. The van der Waals surface area contributed by atoms with Gasteiger partial charge in [0.05, 0.1) is 15.0 Å². The Morgan fingerprint density at radius 2 is 1.57 bits per heavy atom. The molecule has 8 heteroatoms. The summed E-state index contributed by atoms with van der Waals surface area (Å²) in [5.41, 5.74) is 1.34. The largest absolute Gasteiger partial charge is 0.332 e. The number of rotatable bonds is 3. The van der Waals surface area contributed by atoms with Crippen molar-refractivity contribution in [2.75, 3.05) is 10.6 Å². The molecule has 5 nitrogen and oxygen atoms in total. The SMILES string of the molecule is O=[N+]([O-])c1ccc(NC(=S)Nc2ccc(Cl)c(Cl)c2)cc1. The Balaban J connectivity index is 2.01. The number of anilines is 2. The number of benzene rings is 2. The van der Waals surface area contributed by atoms with Crippen molar-refractivity contribution in [1.29, 1.82) is 0 Å². The number of nitrogens with zero attached hydrogens (tertiary/aromatic N) is 1. The van der Waals surface area contributed by atoms with E-state index in [4.69, 9.17) is 35.4 Å². The topological polar surface area (TPSA) is 67.2 Å².